The number of thioether (sulfide) groups is 1. The van der Waals surface area contributed by atoms with Gasteiger partial charge in [0.05, 0.1) is 11.1 Å². The van der Waals surface area contributed by atoms with Crippen molar-refractivity contribution in [2.24, 2.45) is 4.99 Å². The van der Waals surface area contributed by atoms with E-state index in [-0.39, 0.29) is 0 Å². The highest BCUT2D eigenvalue weighted by Gasteiger charge is 2.23. The van der Waals surface area contributed by atoms with Crippen molar-refractivity contribution in [2.45, 2.75) is 19.4 Å². The van der Waals surface area contributed by atoms with Gasteiger partial charge >= 0.3 is 0 Å². The lowest BCUT2D eigenvalue weighted by atomic mass is 10.1. The van der Waals surface area contributed by atoms with Crippen LogP contribution in [-0.4, -0.2) is 11.1 Å². The molecule has 1 atom stereocenters. The third kappa shape index (κ3) is 1.37. The molecule has 0 amide bonds. The molecule has 0 saturated carbocycles. The van der Waals surface area contributed by atoms with Crippen molar-refractivity contribution in [1.82, 2.24) is 0 Å². The number of fused-ring (bicyclic) bond motifs is 1. The fourth-order valence-electron chi connectivity index (χ4n) is 1.26. The van der Waals surface area contributed by atoms with Gasteiger partial charge in [0.25, 0.3) is 0 Å². The Morgan fingerprint density at radius 3 is 3.36 bits per heavy atom. The van der Waals surface area contributed by atoms with Gasteiger partial charge in [0.15, 0.2) is 0 Å². The second kappa shape index (κ2) is 2.68. The summed E-state index contributed by atoms with van der Waals surface area (Å²) in [6, 6.07) is 0.377. The van der Waals surface area contributed by atoms with Gasteiger partial charge in [0, 0.05) is 9.94 Å². The van der Waals surface area contributed by atoms with Crippen molar-refractivity contribution in [3.8, 4) is 0 Å². The molecule has 1 aliphatic heterocycles. The molecule has 0 spiro atoms. The minimum Gasteiger partial charge on any atom is -0.274 e. The minimum atomic E-state index is 0.377. The summed E-state index contributed by atoms with van der Waals surface area (Å²) in [6.07, 6.45) is 5.01. The van der Waals surface area contributed by atoms with Crippen LogP contribution in [0.2, 0.25) is 0 Å². The maximum Gasteiger partial charge on any atom is 0.0856 e. The molecule has 0 aromatic heterocycles. The fraction of sp³-hybridized carbons (Fsp3) is 0.375. The van der Waals surface area contributed by atoms with Gasteiger partial charge in [0.1, 0.15) is 0 Å². The summed E-state index contributed by atoms with van der Waals surface area (Å²) in [5.74, 6) is 0. The summed E-state index contributed by atoms with van der Waals surface area (Å²) in [6.45, 7) is 2.04. The number of rotatable bonds is 0. The Labute approximate surface area is 75.2 Å². The van der Waals surface area contributed by atoms with E-state index in [2.05, 4.69) is 4.99 Å². The van der Waals surface area contributed by atoms with Crippen LogP contribution in [0.3, 0.4) is 0 Å². The maximum absolute atomic E-state index is 5.85. The molecular weight excluding hydrogens is 178 g/mol. The van der Waals surface area contributed by atoms with Gasteiger partial charge in [-0.15, -0.1) is 0 Å². The molecule has 11 heavy (non-hydrogen) atoms. The monoisotopic (exact) mass is 185 g/mol. The molecule has 2 aliphatic rings. The van der Waals surface area contributed by atoms with Crippen molar-refractivity contribution in [1.29, 1.82) is 0 Å². The summed E-state index contributed by atoms with van der Waals surface area (Å²) >= 11 is 7.59. The molecule has 1 nitrogen and oxygen atoms in total. The first-order valence-electron chi connectivity index (χ1n) is 3.55. The van der Waals surface area contributed by atoms with E-state index in [0.717, 1.165) is 16.5 Å². The van der Waals surface area contributed by atoms with Gasteiger partial charge in [-0.25, -0.2) is 0 Å². The fourth-order valence-corrected chi connectivity index (χ4v) is 2.52. The molecule has 0 N–H and O–H groups in total. The first-order valence-corrected chi connectivity index (χ1v) is 4.74. The summed E-state index contributed by atoms with van der Waals surface area (Å²) < 4.78 is 0. The van der Waals surface area contributed by atoms with Crippen LogP contribution in [0.25, 0.3) is 0 Å². The third-order valence-electron chi connectivity index (χ3n) is 1.75. The van der Waals surface area contributed by atoms with E-state index < -0.39 is 0 Å². The van der Waals surface area contributed by atoms with Gasteiger partial charge in [-0.2, -0.15) is 0 Å². The van der Waals surface area contributed by atoms with Crippen LogP contribution in [0.5, 0.6) is 0 Å². The molecule has 0 saturated heterocycles. The van der Waals surface area contributed by atoms with Gasteiger partial charge in [0.2, 0.25) is 0 Å². The molecule has 1 aliphatic carbocycles. The van der Waals surface area contributed by atoms with Gasteiger partial charge in [-0.3, -0.25) is 4.99 Å². The van der Waals surface area contributed by atoms with E-state index >= 15 is 0 Å². The van der Waals surface area contributed by atoms with Crippen LogP contribution in [0.4, 0.5) is 0 Å². The Morgan fingerprint density at radius 1 is 1.73 bits per heavy atom. The molecule has 0 fully saturated rings. The minimum absolute atomic E-state index is 0.377. The SMILES string of the molecule is CC1=NC2CC=C(Cl)C=C2S1. The summed E-state index contributed by atoms with van der Waals surface area (Å²) in [5, 5.41) is 2.01. The van der Waals surface area contributed by atoms with E-state index in [0.29, 0.717) is 6.04 Å². The molecule has 1 unspecified atom stereocenters. The molecular formula is C8H8ClNS. The Morgan fingerprint density at radius 2 is 2.55 bits per heavy atom. The van der Waals surface area contributed by atoms with Crippen LogP contribution in [0.15, 0.2) is 27.1 Å². The van der Waals surface area contributed by atoms with Crippen molar-refractivity contribution in [3.63, 3.8) is 0 Å². The lowest BCUT2D eigenvalue weighted by Crippen LogP contribution is -2.03. The number of allylic oxidation sites excluding steroid dienone is 2. The summed E-state index contributed by atoms with van der Waals surface area (Å²) in [5.41, 5.74) is 0. The Kier molecular flexibility index (Phi) is 1.81. The number of aliphatic imine (C=N–C) groups is 1. The zero-order valence-corrected chi connectivity index (χ0v) is 7.75. The average molecular weight is 186 g/mol. The van der Waals surface area contributed by atoms with Crippen LogP contribution in [0.1, 0.15) is 13.3 Å². The zero-order valence-electron chi connectivity index (χ0n) is 6.17. The first kappa shape index (κ1) is 7.44. The number of nitrogens with zero attached hydrogens (tertiary/aromatic N) is 1. The summed E-state index contributed by atoms with van der Waals surface area (Å²) in [4.78, 5) is 5.75. The summed E-state index contributed by atoms with van der Waals surface area (Å²) in [7, 11) is 0. The molecule has 0 bridgehead atoms. The van der Waals surface area contributed by atoms with Crippen LogP contribution in [0, 0.1) is 0 Å². The molecule has 2 rings (SSSR count). The highest BCUT2D eigenvalue weighted by molar-refractivity contribution is 8.17. The van der Waals surface area contributed by atoms with Gasteiger partial charge in [-0.1, -0.05) is 29.4 Å². The largest absolute Gasteiger partial charge is 0.274 e. The lowest BCUT2D eigenvalue weighted by Gasteiger charge is -2.10. The number of halogens is 1. The predicted octanol–water partition coefficient (Wildman–Crippen LogP) is 2.93. The molecule has 0 radical (unpaired) electrons. The molecule has 58 valence electrons. The van der Waals surface area contributed by atoms with E-state index in [9.17, 15) is 0 Å². The second-order valence-electron chi connectivity index (χ2n) is 2.64. The van der Waals surface area contributed by atoms with E-state index in [1.807, 2.05) is 19.1 Å². The molecule has 1 heterocycles. The van der Waals surface area contributed by atoms with Crippen molar-refractivity contribution in [2.75, 3.05) is 0 Å². The Hall–Kier alpha value is -0.210. The van der Waals surface area contributed by atoms with Gasteiger partial charge < -0.3 is 0 Å². The smallest absolute Gasteiger partial charge is 0.0856 e. The predicted molar refractivity (Wildman–Crippen MR) is 51.1 cm³/mol. The highest BCUT2D eigenvalue weighted by Crippen LogP contribution is 2.37. The van der Waals surface area contributed by atoms with Crippen molar-refractivity contribution < 1.29 is 0 Å². The van der Waals surface area contributed by atoms with Crippen LogP contribution in [-0.2, 0) is 0 Å². The van der Waals surface area contributed by atoms with E-state index in [1.54, 1.807) is 11.8 Å². The first-order chi connectivity index (χ1) is 5.25. The standard InChI is InChI=1S/C8H8ClNS/c1-5-10-7-3-2-6(9)4-8(7)11-5/h2,4,7H,3H2,1H3. The topological polar surface area (TPSA) is 12.4 Å². The average Bonchev–Trinajstić information content (AvgIpc) is 2.27. The molecule has 0 aromatic rings. The highest BCUT2D eigenvalue weighted by atomic mass is 35.5. The van der Waals surface area contributed by atoms with Crippen LogP contribution < -0.4 is 0 Å². The number of hydrogen-bond acceptors (Lipinski definition) is 2. The third-order valence-corrected chi connectivity index (χ3v) is 3.04. The quantitative estimate of drug-likeness (QED) is 0.565. The molecule has 0 aromatic carbocycles. The zero-order chi connectivity index (χ0) is 7.84. The number of hydrogen-bond donors (Lipinski definition) is 0. The molecule has 3 heteroatoms. The van der Waals surface area contributed by atoms with Crippen LogP contribution >= 0.6 is 23.4 Å². The van der Waals surface area contributed by atoms with Crippen molar-refractivity contribution in [3.05, 3.63) is 22.1 Å². The van der Waals surface area contributed by atoms with Gasteiger partial charge in [-0.05, 0) is 19.4 Å². The maximum atomic E-state index is 5.85. The van der Waals surface area contributed by atoms with E-state index in [4.69, 9.17) is 11.6 Å². The second-order valence-corrected chi connectivity index (χ2v) is 4.34. The lowest BCUT2D eigenvalue weighted by molar-refractivity contribution is 0.823. The Balaban J connectivity index is 2.27. The normalized spacial score (nSPS) is 28.9. The Bertz CT molecular complexity index is 278. The van der Waals surface area contributed by atoms with E-state index in [1.165, 1.54) is 4.91 Å². The van der Waals surface area contributed by atoms with Crippen molar-refractivity contribution >= 4 is 28.4 Å².